The highest BCUT2D eigenvalue weighted by molar-refractivity contribution is 5.59. The molecule has 0 aromatic carbocycles. The first-order valence-electron chi connectivity index (χ1n) is 6.68. The van der Waals surface area contributed by atoms with E-state index in [0.29, 0.717) is 11.6 Å². The van der Waals surface area contributed by atoms with Crippen LogP contribution in [0.4, 0.5) is 11.6 Å². The van der Waals surface area contributed by atoms with Gasteiger partial charge in [-0.15, -0.1) is 0 Å². The number of nitrogens with one attached hydrogen (secondary N) is 2. The SMILES string of the molecule is Cc1ccc(-c2nc(C)cc(Nc3cc(C)[nH]n3)n2)cn1. The van der Waals surface area contributed by atoms with E-state index in [4.69, 9.17) is 0 Å². The van der Waals surface area contributed by atoms with Gasteiger partial charge in [-0.3, -0.25) is 10.1 Å². The molecule has 6 heteroatoms. The van der Waals surface area contributed by atoms with Crippen LogP contribution in [0.5, 0.6) is 0 Å². The van der Waals surface area contributed by atoms with E-state index in [1.54, 1.807) is 6.20 Å². The van der Waals surface area contributed by atoms with E-state index in [2.05, 4.69) is 30.5 Å². The fraction of sp³-hybridized carbons (Fsp3) is 0.200. The van der Waals surface area contributed by atoms with Gasteiger partial charge in [-0.1, -0.05) is 0 Å². The van der Waals surface area contributed by atoms with E-state index in [0.717, 1.165) is 28.5 Å². The van der Waals surface area contributed by atoms with Crippen molar-refractivity contribution in [2.24, 2.45) is 0 Å². The minimum Gasteiger partial charge on any atom is -0.323 e. The van der Waals surface area contributed by atoms with Crippen LogP contribution in [0, 0.1) is 20.8 Å². The molecule has 0 aliphatic rings. The van der Waals surface area contributed by atoms with E-state index in [-0.39, 0.29) is 0 Å². The van der Waals surface area contributed by atoms with Crippen LogP contribution in [-0.2, 0) is 0 Å². The summed E-state index contributed by atoms with van der Waals surface area (Å²) in [6.07, 6.45) is 1.78. The molecular weight excluding hydrogens is 264 g/mol. The molecule has 0 saturated heterocycles. The molecule has 0 aliphatic carbocycles. The summed E-state index contributed by atoms with van der Waals surface area (Å²) in [6.45, 7) is 5.84. The zero-order valence-electron chi connectivity index (χ0n) is 12.2. The zero-order valence-corrected chi connectivity index (χ0v) is 12.2. The van der Waals surface area contributed by atoms with Crippen molar-refractivity contribution in [1.82, 2.24) is 25.1 Å². The quantitative estimate of drug-likeness (QED) is 0.771. The Hall–Kier alpha value is -2.76. The molecule has 0 radical (unpaired) electrons. The Morgan fingerprint density at radius 2 is 1.81 bits per heavy atom. The average molecular weight is 280 g/mol. The summed E-state index contributed by atoms with van der Waals surface area (Å²) in [5, 5.41) is 10.2. The fourth-order valence-electron chi connectivity index (χ4n) is 1.98. The smallest absolute Gasteiger partial charge is 0.163 e. The molecule has 21 heavy (non-hydrogen) atoms. The summed E-state index contributed by atoms with van der Waals surface area (Å²) < 4.78 is 0. The van der Waals surface area contributed by atoms with Crippen LogP contribution in [-0.4, -0.2) is 25.1 Å². The van der Waals surface area contributed by atoms with Gasteiger partial charge in [0.15, 0.2) is 11.6 Å². The van der Waals surface area contributed by atoms with Gasteiger partial charge in [0.05, 0.1) is 0 Å². The molecule has 0 amide bonds. The van der Waals surface area contributed by atoms with Crippen molar-refractivity contribution < 1.29 is 0 Å². The molecule has 0 unspecified atom stereocenters. The highest BCUT2D eigenvalue weighted by Crippen LogP contribution is 2.19. The maximum absolute atomic E-state index is 4.52. The summed E-state index contributed by atoms with van der Waals surface area (Å²) >= 11 is 0. The number of aromatic nitrogens is 5. The Bertz CT molecular complexity index is 760. The fourth-order valence-corrected chi connectivity index (χ4v) is 1.98. The Morgan fingerprint density at radius 1 is 0.952 bits per heavy atom. The van der Waals surface area contributed by atoms with Crippen LogP contribution in [0.15, 0.2) is 30.5 Å². The van der Waals surface area contributed by atoms with Gasteiger partial charge in [0, 0.05) is 41.0 Å². The number of hydrogen-bond acceptors (Lipinski definition) is 5. The molecule has 106 valence electrons. The second kappa shape index (κ2) is 5.32. The first-order chi connectivity index (χ1) is 10.1. The summed E-state index contributed by atoms with van der Waals surface area (Å²) in [5.41, 5.74) is 3.74. The standard InChI is InChI=1S/C15H16N6/c1-9-4-5-12(8-16-9)15-17-10(2)6-13(19-15)18-14-7-11(3)20-21-14/h4-8H,1-3H3,(H2,17,18,19,20,21). The monoisotopic (exact) mass is 280 g/mol. The lowest BCUT2D eigenvalue weighted by Gasteiger charge is -2.06. The van der Waals surface area contributed by atoms with E-state index in [1.807, 2.05) is 45.0 Å². The van der Waals surface area contributed by atoms with Crippen LogP contribution in [0.2, 0.25) is 0 Å². The van der Waals surface area contributed by atoms with Crippen LogP contribution >= 0.6 is 0 Å². The first-order valence-corrected chi connectivity index (χ1v) is 6.68. The number of H-pyrrole nitrogens is 1. The van der Waals surface area contributed by atoms with E-state index < -0.39 is 0 Å². The Labute approximate surface area is 122 Å². The third kappa shape index (κ3) is 3.05. The van der Waals surface area contributed by atoms with Crippen LogP contribution in [0.1, 0.15) is 17.1 Å². The predicted octanol–water partition coefficient (Wildman–Crippen LogP) is 2.93. The molecule has 0 aliphatic heterocycles. The maximum atomic E-state index is 4.52. The highest BCUT2D eigenvalue weighted by atomic mass is 15.2. The Kier molecular flexibility index (Phi) is 3.35. The molecule has 3 heterocycles. The van der Waals surface area contributed by atoms with Gasteiger partial charge in [0.1, 0.15) is 5.82 Å². The number of rotatable bonds is 3. The van der Waals surface area contributed by atoms with Crippen molar-refractivity contribution in [2.75, 3.05) is 5.32 Å². The molecule has 0 spiro atoms. The van der Waals surface area contributed by atoms with Crippen molar-refractivity contribution >= 4 is 11.6 Å². The molecule has 0 saturated carbocycles. The number of pyridine rings is 1. The first kappa shape index (κ1) is 13.2. The zero-order chi connectivity index (χ0) is 14.8. The minimum atomic E-state index is 0.650. The molecule has 3 aromatic rings. The molecule has 0 atom stereocenters. The van der Waals surface area contributed by atoms with Gasteiger partial charge in [0.2, 0.25) is 0 Å². The Balaban J connectivity index is 1.94. The van der Waals surface area contributed by atoms with Gasteiger partial charge in [0.25, 0.3) is 0 Å². The van der Waals surface area contributed by atoms with Crippen molar-refractivity contribution in [3.05, 3.63) is 47.5 Å². The number of hydrogen-bond donors (Lipinski definition) is 2. The largest absolute Gasteiger partial charge is 0.323 e. The summed E-state index contributed by atoms with van der Waals surface area (Å²) in [5.74, 6) is 2.10. The Morgan fingerprint density at radius 3 is 2.48 bits per heavy atom. The third-order valence-corrected chi connectivity index (χ3v) is 2.99. The molecule has 0 fully saturated rings. The predicted molar refractivity (Wildman–Crippen MR) is 81.3 cm³/mol. The molecule has 6 nitrogen and oxygen atoms in total. The van der Waals surface area contributed by atoms with Crippen LogP contribution < -0.4 is 5.32 Å². The van der Waals surface area contributed by atoms with E-state index in [1.165, 1.54) is 0 Å². The molecule has 3 rings (SSSR count). The summed E-state index contributed by atoms with van der Waals surface area (Å²) in [7, 11) is 0. The van der Waals surface area contributed by atoms with Crippen LogP contribution in [0.3, 0.4) is 0 Å². The van der Waals surface area contributed by atoms with Crippen LogP contribution in [0.25, 0.3) is 11.4 Å². The topological polar surface area (TPSA) is 79.4 Å². The molecule has 3 aromatic heterocycles. The van der Waals surface area contributed by atoms with Crippen molar-refractivity contribution in [1.29, 1.82) is 0 Å². The van der Waals surface area contributed by atoms with Gasteiger partial charge in [-0.05, 0) is 32.9 Å². The number of anilines is 2. The molecule has 0 bridgehead atoms. The lowest BCUT2D eigenvalue weighted by Crippen LogP contribution is -1.99. The van der Waals surface area contributed by atoms with Gasteiger partial charge < -0.3 is 5.32 Å². The normalized spacial score (nSPS) is 10.6. The van der Waals surface area contributed by atoms with E-state index >= 15 is 0 Å². The second-order valence-electron chi connectivity index (χ2n) is 4.97. The van der Waals surface area contributed by atoms with Crippen molar-refractivity contribution in [3.63, 3.8) is 0 Å². The third-order valence-electron chi connectivity index (χ3n) is 2.99. The average Bonchev–Trinajstić information content (AvgIpc) is 2.84. The lowest BCUT2D eigenvalue weighted by atomic mass is 10.2. The molecular formula is C15H16N6. The van der Waals surface area contributed by atoms with Gasteiger partial charge in [-0.25, -0.2) is 9.97 Å². The van der Waals surface area contributed by atoms with Gasteiger partial charge in [-0.2, -0.15) is 5.10 Å². The van der Waals surface area contributed by atoms with Gasteiger partial charge >= 0.3 is 0 Å². The minimum absolute atomic E-state index is 0.650. The number of nitrogens with zero attached hydrogens (tertiary/aromatic N) is 4. The summed E-state index contributed by atoms with van der Waals surface area (Å²) in [4.78, 5) is 13.3. The lowest BCUT2D eigenvalue weighted by molar-refractivity contribution is 1.04. The van der Waals surface area contributed by atoms with Crippen molar-refractivity contribution in [2.45, 2.75) is 20.8 Å². The highest BCUT2D eigenvalue weighted by Gasteiger charge is 2.07. The summed E-state index contributed by atoms with van der Waals surface area (Å²) in [6, 6.07) is 7.73. The number of aromatic amines is 1. The maximum Gasteiger partial charge on any atom is 0.163 e. The van der Waals surface area contributed by atoms with Crippen molar-refractivity contribution in [3.8, 4) is 11.4 Å². The number of aryl methyl sites for hydroxylation is 3. The second-order valence-corrected chi connectivity index (χ2v) is 4.97. The molecule has 2 N–H and O–H groups in total. The van der Waals surface area contributed by atoms with E-state index in [9.17, 15) is 0 Å².